The van der Waals surface area contributed by atoms with Gasteiger partial charge in [0.1, 0.15) is 10.6 Å². The van der Waals surface area contributed by atoms with Gasteiger partial charge < -0.3 is 14.8 Å². The van der Waals surface area contributed by atoms with Crippen molar-refractivity contribution < 1.29 is 17.9 Å². The number of aryl methyl sites for hydroxylation is 2. The first-order valence-corrected chi connectivity index (χ1v) is 9.21. The van der Waals surface area contributed by atoms with E-state index < -0.39 is 10.0 Å². The number of hydrogen-bond donors (Lipinski definition) is 2. The van der Waals surface area contributed by atoms with Crippen molar-refractivity contribution in [3.05, 3.63) is 23.3 Å². The topological polar surface area (TPSA) is 76.7 Å². The normalized spacial score (nSPS) is 21.6. The third-order valence-electron chi connectivity index (χ3n) is 4.23. The van der Waals surface area contributed by atoms with Gasteiger partial charge in [-0.15, -0.1) is 0 Å². The van der Waals surface area contributed by atoms with Gasteiger partial charge in [0, 0.05) is 13.7 Å². The van der Waals surface area contributed by atoms with Gasteiger partial charge in [-0.3, -0.25) is 0 Å². The number of hydrogen-bond acceptors (Lipinski definition) is 5. The van der Waals surface area contributed by atoms with Gasteiger partial charge in [-0.2, -0.15) is 0 Å². The second-order valence-corrected chi connectivity index (χ2v) is 7.92. The highest BCUT2D eigenvalue weighted by Crippen LogP contribution is 2.29. The fourth-order valence-corrected chi connectivity index (χ4v) is 4.61. The van der Waals surface area contributed by atoms with Gasteiger partial charge >= 0.3 is 0 Å². The lowest BCUT2D eigenvalue weighted by molar-refractivity contribution is 0.122. The second kappa shape index (κ2) is 7.17. The number of nitrogens with one attached hydrogen (secondary N) is 2. The number of sulfonamides is 1. The van der Waals surface area contributed by atoms with E-state index in [0.717, 1.165) is 30.5 Å². The van der Waals surface area contributed by atoms with Crippen LogP contribution in [0.5, 0.6) is 5.75 Å². The minimum absolute atomic E-state index is 0.183. The lowest BCUT2D eigenvalue weighted by Crippen LogP contribution is -2.52. The summed E-state index contributed by atoms with van der Waals surface area (Å²) in [5.41, 5.74) is 1.35. The van der Waals surface area contributed by atoms with Crippen molar-refractivity contribution in [2.45, 2.75) is 37.1 Å². The van der Waals surface area contributed by atoms with E-state index in [9.17, 15) is 8.42 Å². The van der Waals surface area contributed by atoms with Crippen molar-refractivity contribution in [2.24, 2.45) is 0 Å². The van der Waals surface area contributed by atoms with E-state index in [2.05, 4.69) is 10.0 Å². The van der Waals surface area contributed by atoms with Crippen LogP contribution in [0.1, 0.15) is 24.0 Å². The lowest BCUT2D eigenvalue weighted by Gasteiger charge is -2.29. The smallest absolute Gasteiger partial charge is 0.244 e. The molecular weight excluding hydrogens is 316 g/mol. The Bertz CT molecular complexity index is 652. The molecule has 1 atom stereocenters. The Kier molecular flexibility index (Phi) is 5.67. The Hall–Kier alpha value is -1.15. The van der Waals surface area contributed by atoms with E-state index in [1.54, 1.807) is 13.2 Å². The molecule has 7 heteroatoms. The molecule has 1 aliphatic rings. The van der Waals surface area contributed by atoms with Crippen molar-refractivity contribution in [1.29, 1.82) is 0 Å². The molecule has 2 N–H and O–H groups in total. The number of benzene rings is 1. The predicted molar refractivity (Wildman–Crippen MR) is 89.5 cm³/mol. The minimum Gasteiger partial charge on any atom is -0.495 e. The minimum atomic E-state index is -3.66. The second-order valence-electron chi connectivity index (χ2n) is 6.18. The highest BCUT2D eigenvalue weighted by Gasteiger charge is 2.35. The predicted octanol–water partition coefficient (Wildman–Crippen LogP) is 1.36. The molecule has 0 amide bonds. The van der Waals surface area contributed by atoms with E-state index in [1.807, 2.05) is 19.9 Å². The average Bonchev–Trinajstić information content (AvgIpc) is 2.94. The van der Waals surface area contributed by atoms with Gasteiger partial charge in [0.2, 0.25) is 10.0 Å². The molecule has 130 valence electrons. The molecule has 1 heterocycles. The summed E-state index contributed by atoms with van der Waals surface area (Å²) in [7, 11) is -0.547. The van der Waals surface area contributed by atoms with Crippen molar-refractivity contribution in [3.63, 3.8) is 0 Å². The van der Waals surface area contributed by atoms with Crippen LogP contribution in [-0.2, 0) is 14.8 Å². The van der Waals surface area contributed by atoms with Crippen LogP contribution in [0, 0.1) is 13.8 Å². The molecule has 6 nitrogen and oxygen atoms in total. The van der Waals surface area contributed by atoms with Gasteiger partial charge in [-0.25, -0.2) is 13.1 Å². The molecule has 0 bridgehead atoms. The van der Waals surface area contributed by atoms with Crippen molar-refractivity contribution in [2.75, 3.05) is 33.9 Å². The molecule has 1 unspecified atom stereocenters. The summed E-state index contributed by atoms with van der Waals surface area (Å²) in [6.07, 6.45) is 1.89. The van der Waals surface area contributed by atoms with Crippen LogP contribution in [0.2, 0.25) is 0 Å². The molecule has 1 aliphatic heterocycles. The van der Waals surface area contributed by atoms with E-state index in [1.165, 1.54) is 7.11 Å². The van der Waals surface area contributed by atoms with Gasteiger partial charge in [-0.05, 0) is 50.4 Å². The largest absolute Gasteiger partial charge is 0.495 e. The number of ether oxygens (including phenoxy) is 2. The Morgan fingerprint density at radius 1 is 1.30 bits per heavy atom. The van der Waals surface area contributed by atoms with Crippen LogP contribution >= 0.6 is 0 Å². The molecule has 0 saturated carbocycles. The number of rotatable bonds is 7. The maximum absolute atomic E-state index is 12.8. The van der Waals surface area contributed by atoms with Crippen LogP contribution in [-0.4, -0.2) is 47.9 Å². The van der Waals surface area contributed by atoms with Gasteiger partial charge in [-0.1, -0.05) is 6.07 Å². The highest BCUT2D eigenvalue weighted by atomic mass is 32.2. The van der Waals surface area contributed by atoms with Crippen LogP contribution in [0.3, 0.4) is 0 Å². The van der Waals surface area contributed by atoms with E-state index in [4.69, 9.17) is 9.47 Å². The molecule has 1 fully saturated rings. The maximum Gasteiger partial charge on any atom is 0.244 e. The monoisotopic (exact) mass is 342 g/mol. The molecule has 23 heavy (non-hydrogen) atoms. The Balaban J connectivity index is 2.25. The molecule has 0 spiro atoms. The van der Waals surface area contributed by atoms with Crippen LogP contribution in [0.4, 0.5) is 0 Å². The Labute approximate surface area is 138 Å². The zero-order valence-corrected chi connectivity index (χ0v) is 15.0. The molecule has 2 rings (SSSR count). The first-order chi connectivity index (χ1) is 10.8. The first kappa shape index (κ1) is 18.2. The summed E-state index contributed by atoms with van der Waals surface area (Å²) >= 11 is 0. The molecule has 1 saturated heterocycles. The summed E-state index contributed by atoms with van der Waals surface area (Å²) < 4.78 is 38.8. The quantitative estimate of drug-likeness (QED) is 0.782. The standard InChI is InChI=1S/C16H26N2O4S/c1-12-8-13(2)15(22-4)14(9-12)23(19,20)18-10-16(11-21-3)6-5-7-17-16/h8-9,17-18H,5-7,10-11H2,1-4H3. The summed E-state index contributed by atoms with van der Waals surface area (Å²) in [5.74, 6) is 0.392. The summed E-state index contributed by atoms with van der Waals surface area (Å²) in [6, 6.07) is 3.54. The third-order valence-corrected chi connectivity index (χ3v) is 5.64. The fourth-order valence-electron chi connectivity index (χ4n) is 3.16. The van der Waals surface area contributed by atoms with Gasteiger partial charge in [0.15, 0.2) is 0 Å². The van der Waals surface area contributed by atoms with E-state index in [-0.39, 0.29) is 10.4 Å². The van der Waals surface area contributed by atoms with E-state index in [0.29, 0.717) is 18.9 Å². The SMILES string of the molecule is COCC1(CNS(=O)(=O)c2cc(C)cc(C)c2OC)CCCN1. The molecule has 0 aliphatic carbocycles. The van der Waals surface area contributed by atoms with Crippen LogP contribution in [0.25, 0.3) is 0 Å². The zero-order chi connectivity index (χ0) is 17.1. The first-order valence-electron chi connectivity index (χ1n) is 7.72. The maximum atomic E-state index is 12.8. The molecule has 0 aromatic heterocycles. The average molecular weight is 342 g/mol. The lowest BCUT2D eigenvalue weighted by atomic mass is 9.99. The third kappa shape index (κ3) is 4.03. The van der Waals surface area contributed by atoms with Gasteiger partial charge in [0.05, 0.1) is 19.3 Å². The Morgan fingerprint density at radius 3 is 2.61 bits per heavy atom. The highest BCUT2D eigenvalue weighted by molar-refractivity contribution is 7.89. The van der Waals surface area contributed by atoms with Crippen LogP contribution < -0.4 is 14.8 Å². The van der Waals surface area contributed by atoms with Crippen molar-refractivity contribution in [1.82, 2.24) is 10.0 Å². The fraction of sp³-hybridized carbons (Fsp3) is 0.625. The molecule has 1 aromatic carbocycles. The number of methoxy groups -OCH3 is 2. The molecule has 0 radical (unpaired) electrons. The molecular formula is C16H26N2O4S. The zero-order valence-electron chi connectivity index (χ0n) is 14.2. The van der Waals surface area contributed by atoms with Crippen molar-refractivity contribution in [3.8, 4) is 5.75 Å². The molecule has 1 aromatic rings. The summed E-state index contributed by atoms with van der Waals surface area (Å²) in [5, 5.41) is 3.36. The van der Waals surface area contributed by atoms with Crippen LogP contribution in [0.15, 0.2) is 17.0 Å². The Morgan fingerprint density at radius 2 is 2.04 bits per heavy atom. The summed E-state index contributed by atoms with van der Waals surface area (Å²) in [6.45, 7) is 5.35. The summed E-state index contributed by atoms with van der Waals surface area (Å²) in [4.78, 5) is 0.183. The van der Waals surface area contributed by atoms with Gasteiger partial charge in [0.25, 0.3) is 0 Å². The van der Waals surface area contributed by atoms with Crippen molar-refractivity contribution >= 4 is 10.0 Å². The van der Waals surface area contributed by atoms with E-state index >= 15 is 0 Å².